The van der Waals surface area contributed by atoms with Crippen LogP contribution < -0.4 is 10.1 Å². The van der Waals surface area contributed by atoms with Gasteiger partial charge in [0.05, 0.1) is 12.1 Å². The fourth-order valence-corrected chi connectivity index (χ4v) is 5.01. The third-order valence-electron chi connectivity index (χ3n) is 7.22. The molecule has 0 radical (unpaired) electrons. The van der Waals surface area contributed by atoms with Gasteiger partial charge in [0.2, 0.25) is 12.0 Å². The number of aliphatic carboxylic acids is 2. The Labute approximate surface area is 263 Å². The van der Waals surface area contributed by atoms with Crippen LogP contribution >= 0.6 is 11.6 Å². The van der Waals surface area contributed by atoms with Gasteiger partial charge in [0, 0.05) is 54.6 Å². The largest absolute Gasteiger partial charge is 0.481 e. The Balaban J connectivity index is 1.63. The van der Waals surface area contributed by atoms with E-state index in [2.05, 4.69) is 10.3 Å². The maximum Gasteiger partial charge on any atom is 0.409 e. The molecule has 45 heavy (non-hydrogen) atoms. The van der Waals surface area contributed by atoms with Gasteiger partial charge in [-0.1, -0.05) is 41.9 Å². The number of hydrogen-bond donors (Lipinski definition) is 3. The number of benzene rings is 2. The number of halogens is 1. The zero-order valence-electron chi connectivity index (χ0n) is 24.7. The van der Waals surface area contributed by atoms with Crippen LogP contribution in [0.1, 0.15) is 47.5 Å². The molecular formula is C31H33ClN4O9. The fourth-order valence-electron chi connectivity index (χ4n) is 4.86. The Morgan fingerprint density at radius 2 is 1.67 bits per heavy atom. The standard InChI is InChI=1S/C31H33ClN4O9/c1-3-44-31(43)36-13-11-35(12-14-36)29(40)22(9-10-26(37)38)34-28(39)24-17-25(20-15-18(2)21(32)16-23(20)33-24)45-27(30(41)42)19-7-5-4-6-8-19/h4-8,15-17,22,27H,3,9-14H2,1-2H3,(H,34,39)(H,37,38)(H,41,42)/t22-,27?/m0/s1. The molecular weight excluding hydrogens is 608 g/mol. The molecule has 0 aliphatic carbocycles. The summed E-state index contributed by atoms with van der Waals surface area (Å²) < 4.78 is 11.0. The summed E-state index contributed by atoms with van der Waals surface area (Å²) in [6, 6.07) is 11.5. The molecule has 1 aliphatic heterocycles. The number of aryl methyl sites for hydroxylation is 1. The molecule has 238 valence electrons. The average molecular weight is 641 g/mol. The first-order chi connectivity index (χ1) is 21.5. The monoisotopic (exact) mass is 640 g/mol. The van der Waals surface area contributed by atoms with Crippen LogP contribution in [0.4, 0.5) is 4.79 Å². The molecule has 3 aromatic rings. The molecule has 2 heterocycles. The second-order valence-electron chi connectivity index (χ2n) is 10.3. The minimum atomic E-state index is -1.41. The number of carbonyl (C=O) groups excluding carboxylic acids is 3. The minimum absolute atomic E-state index is 0.0460. The molecule has 2 aromatic carbocycles. The first-order valence-electron chi connectivity index (χ1n) is 14.3. The highest BCUT2D eigenvalue weighted by Crippen LogP contribution is 2.33. The van der Waals surface area contributed by atoms with E-state index in [0.29, 0.717) is 21.5 Å². The van der Waals surface area contributed by atoms with Crippen molar-refractivity contribution >= 4 is 52.4 Å². The summed E-state index contributed by atoms with van der Waals surface area (Å²) >= 11 is 6.34. The number of nitrogens with zero attached hydrogens (tertiary/aromatic N) is 3. The summed E-state index contributed by atoms with van der Waals surface area (Å²) in [4.78, 5) is 70.0. The number of hydrogen-bond acceptors (Lipinski definition) is 8. The number of amides is 3. The van der Waals surface area contributed by atoms with Crippen molar-refractivity contribution in [1.82, 2.24) is 20.1 Å². The van der Waals surface area contributed by atoms with E-state index in [0.717, 1.165) is 0 Å². The van der Waals surface area contributed by atoms with Crippen LogP contribution in [0.15, 0.2) is 48.5 Å². The number of rotatable bonds is 11. The molecule has 1 aliphatic rings. The van der Waals surface area contributed by atoms with Crippen molar-refractivity contribution in [2.24, 2.45) is 0 Å². The number of carboxylic acid groups (broad SMARTS) is 2. The Morgan fingerprint density at radius 1 is 1.00 bits per heavy atom. The van der Waals surface area contributed by atoms with Crippen LogP contribution in [-0.2, 0) is 19.1 Å². The number of ether oxygens (including phenoxy) is 2. The SMILES string of the molecule is CCOC(=O)N1CCN(C(=O)[C@H](CCC(=O)O)NC(=O)c2cc(OC(C(=O)O)c3ccccc3)c3cc(C)c(Cl)cc3n2)CC1. The lowest BCUT2D eigenvalue weighted by molar-refractivity contribution is -0.145. The van der Waals surface area contributed by atoms with E-state index in [4.69, 9.17) is 21.1 Å². The van der Waals surface area contributed by atoms with Gasteiger partial charge in [-0.2, -0.15) is 0 Å². The first kappa shape index (κ1) is 33.0. The van der Waals surface area contributed by atoms with Gasteiger partial charge < -0.3 is 34.8 Å². The second-order valence-corrected chi connectivity index (χ2v) is 10.7. The van der Waals surface area contributed by atoms with Crippen molar-refractivity contribution < 1.29 is 43.7 Å². The summed E-state index contributed by atoms with van der Waals surface area (Å²) in [7, 11) is 0. The van der Waals surface area contributed by atoms with Gasteiger partial charge in [-0.3, -0.25) is 14.4 Å². The molecule has 1 unspecified atom stereocenters. The molecule has 1 saturated heterocycles. The van der Waals surface area contributed by atoms with Crippen LogP contribution in [0.5, 0.6) is 5.75 Å². The number of pyridine rings is 1. The van der Waals surface area contributed by atoms with Gasteiger partial charge in [0.25, 0.3) is 5.91 Å². The molecule has 1 fully saturated rings. The van der Waals surface area contributed by atoms with Gasteiger partial charge in [-0.25, -0.2) is 14.6 Å². The van der Waals surface area contributed by atoms with Crippen LogP contribution in [0.2, 0.25) is 5.02 Å². The molecule has 3 N–H and O–H groups in total. The van der Waals surface area contributed by atoms with E-state index in [1.54, 1.807) is 50.2 Å². The Hall–Kier alpha value is -4.91. The predicted molar refractivity (Wildman–Crippen MR) is 162 cm³/mol. The van der Waals surface area contributed by atoms with Crippen molar-refractivity contribution in [2.75, 3.05) is 32.8 Å². The average Bonchev–Trinajstić information content (AvgIpc) is 3.02. The van der Waals surface area contributed by atoms with Gasteiger partial charge >= 0.3 is 18.0 Å². The number of carboxylic acids is 2. The lowest BCUT2D eigenvalue weighted by Crippen LogP contribution is -2.56. The van der Waals surface area contributed by atoms with E-state index < -0.39 is 48.4 Å². The summed E-state index contributed by atoms with van der Waals surface area (Å²) in [6.07, 6.45) is -2.50. The highest BCUT2D eigenvalue weighted by atomic mass is 35.5. The Morgan fingerprint density at radius 3 is 2.29 bits per heavy atom. The molecule has 0 bridgehead atoms. The Kier molecular flexibility index (Phi) is 10.8. The summed E-state index contributed by atoms with van der Waals surface area (Å²) in [5.74, 6) is -3.69. The molecule has 14 heteroatoms. The number of carbonyl (C=O) groups is 5. The van der Waals surface area contributed by atoms with Crippen molar-refractivity contribution in [3.8, 4) is 5.75 Å². The topological polar surface area (TPSA) is 176 Å². The molecule has 0 saturated carbocycles. The van der Waals surface area contributed by atoms with Crippen LogP contribution in [0.3, 0.4) is 0 Å². The van der Waals surface area contributed by atoms with E-state index in [9.17, 15) is 34.2 Å². The normalized spacial score (nSPS) is 14.4. The van der Waals surface area contributed by atoms with E-state index in [1.165, 1.54) is 21.9 Å². The minimum Gasteiger partial charge on any atom is -0.481 e. The summed E-state index contributed by atoms with van der Waals surface area (Å²) in [6.45, 7) is 4.41. The number of fused-ring (bicyclic) bond motifs is 1. The van der Waals surface area contributed by atoms with Crippen molar-refractivity contribution in [2.45, 2.75) is 38.8 Å². The zero-order chi connectivity index (χ0) is 32.7. The fraction of sp³-hybridized carbons (Fsp3) is 0.355. The van der Waals surface area contributed by atoms with Gasteiger partial charge in [-0.05, 0) is 38.0 Å². The zero-order valence-corrected chi connectivity index (χ0v) is 25.5. The number of aromatic nitrogens is 1. The summed E-state index contributed by atoms with van der Waals surface area (Å²) in [5.41, 5.74) is 1.08. The van der Waals surface area contributed by atoms with E-state index in [-0.39, 0.29) is 56.2 Å². The van der Waals surface area contributed by atoms with E-state index in [1.807, 2.05) is 0 Å². The van der Waals surface area contributed by atoms with Crippen LogP contribution in [0, 0.1) is 6.92 Å². The molecule has 3 amide bonds. The number of piperazine rings is 1. The third kappa shape index (κ3) is 8.18. The smallest absolute Gasteiger partial charge is 0.409 e. The maximum atomic E-state index is 13.6. The maximum absolute atomic E-state index is 13.6. The highest BCUT2D eigenvalue weighted by Gasteiger charge is 2.32. The van der Waals surface area contributed by atoms with Crippen molar-refractivity contribution in [1.29, 1.82) is 0 Å². The van der Waals surface area contributed by atoms with Crippen LogP contribution in [0.25, 0.3) is 10.9 Å². The molecule has 13 nitrogen and oxygen atoms in total. The third-order valence-corrected chi connectivity index (χ3v) is 7.63. The van der Waals surface area contributed by atoms with Gasteiger partial charge in [-0.15, -0.1) is 0 Å². The molecule has 4 rings (SSSR count). The molecule has 1 aromatic heterocycles. The second kappa shape index (κ2) is 14.7. The number of nitrogens with one attached hydrogen (secondary N) is 1. The molecule has 0 spiro atoms. The van der Waals surface area contributed by atoms with Crippen molar-refractivity contribution in [3.63, 3.8) is 0 Å². The first-order valence-corrected chi connectivity index (χ1v) is 14.6. The van der Waals surface area contributed by atoms with Crippen molar-refractivity contribution in [3.05, 3.63) is 70.4 Å². The molecule has 2 atom stereocenters. The predicted octanol–water partition coefficient (Wildman–Crippen LogP) is 3.67. The van der Waals surface area contributed by atoms with Gasteiger partial charge in [0.15, 0.2) is 0 Å². The van der Waals surface area contributed by atoms with Crippen LogP contribution in [-0.4, -0.2) is 93.7 Å². The van der Waals surface area contributed by atoms with Gasteiger partial charge in [0.1, 0.15) is 17.5 Å². The quantitative estimate of drug-likeness (QED) is 0.280. The lowest BCUT2D eigenvalue weighted by atomic mass is 10.1. The highest BCUT2D eigenvalue weighted by molar-refractivity contribution is 6.32. The Bertz CT molecular complexity index is 1590. The van der Waals surface area contributed by atoms with E-state index >= 15 is 0 Å². The lowest BCUT2D eigenvalue weighted by Gasteiger charge is -2.35. The summed E-state index contributed by atoms with van der Waals surface area (Å²) in [5, 5.41) is 22.6.